The molecule has 19 heavy (non-hydrogen) atoms. The zero-order valence-electron chi connectivity index (χ0n) is 10.8. The largest absolute Gasteiger partial charge is 0.488 e. The summed E-state index contributed by atoms with van der Waals surface area (Å²) < 4.78 is 5.84. The van der Waals surface area contributed by atoms with Gasteiger partial charge in [-0.05, 0) is 24.1 Å². The van der Waals surface area contributed by atoms with Crippen molar-refractivity contribution >= 4 is 11.3 Å². The standard InChI is InChI=1S/C16H16O2S/c1-2-14-7-3-4-8-16(14)18-11-15-10-13(12-19-15)6-5-9-17/h3-4,7-8,10,12,17H,2,9,11H2,1H3. The van der Waals surface area contributed by atoms with E-state index >= 15 is 0 Å². The van der Waals surface area contributed by atoms with E-state index in [0.29, 0.717) is 6.61 Å². The van der Waals surface area contributed by atoms with Gasteiger partial charge in [0.1, 0.15) is 19.0 Å². The van der Waals surface area contributed by atoms with E-state index in [1.165, 1.54) is 5.56 Å². The highest BCUT2D eigenvalue weighted by Gasteiger charge is 2.03. The fourth-order valence-corrected chi connectivity index (χ4v) is 2.48. The molecule has 1 heterocycles. The number of benzene rings is 1. The molecule has 98 valence electrons. The Labute approximate surface area is 117 Å². The lowest BCUT2D eigenvalue weighted by atomic mass is 10.1. The second-order valence-corrected chi connectivity index (χ2v) is 5.01. The number of thiophene rings is 1. The highest BCUT2D eigenvalue weighted by molar-refractivity contribution is 7.10. The molecule has 0 radical (unpaired) electrons. The first-order valence-corrected chi connectivity index (χ1v) is 7.09. The van der Waals surface area contributed by atoms with Crippen LogP contribution in [0, 0.1) is 11.8 Å². The molecule has 0 aliphatic heterocycles. The van der Waals surface area contributed by atoms with Crippen LogP contribution in [0.1, 0.15) is 22.9 Å². The molecule has 1 aromatic carbocycles. The number of aliphatic hydroxyl groups excluding tert-OH is 1. The van der Waals surface area contributed by atoms with E-state index in [1.807, 2.05) is 29.6 Å². The Bertz CT molecular complexity index is 590. The highest BCUT2D eigenvalue weighted by atomic mass is 32.1. The first kappa shape index (κ1) is 13.7. The number of ether oxygens (including phenoxy) is 1. The number of rotatable bonds is 4. The van der Waals surface area contributed by atoms with E-state index < -0.39 is 0 Å². The van der Waals surface area contributed by atoms with Gasteiger partial charge >= 0.3 is 0 Å². The van der Waals surface area contributed by atoms with Crippen LogP contribution in [0.2, 0.25) is 0 Å². The quantitative estimate of drug-likeness (QED) is 0.866. The third-order valence-corrected chi connectivity index (χ3v) is 3.60. The molecule has 0 aliphatic carbocycles. The van der Waals surface area contributed by atoms with Gasteiger partial charge in [0.05, 0.1) is 0 Å². The van der Waals surface area contributed by atoms with Crippen molar-refractivity contribution in [2.24, 2.45) is 0 Å². The molecule has 1 aromatic heterocycles. The molecule has 0 bridgehead atoms. The first-order valence-electron chi connectivity index (χ1n) is 6.21. The Hall–Kier alpha value is -1.76. The van der Waals surface area contributed by atoms with Crippen LogP contribution >= 0.6 is 11.3 Å². The predicted octanol–water partition coefficient (Wildman–Crippen LogP) is 3.23. The van der Waals surface area contributed by atoms with Gasteiger partial charge in [-0.2, -0.15) is 0 Å². The van der Waals surface area contributed by atoms with Crippen LogP contribution in [0.25, 0.3) is 0 Å². The molecule has 0 fully saturated rings. The Morgan fingerprint density at radius 3 is 2.95 bits per heavy atom. The predicted molar refractivity (Wildman–Crippen MR) is 78.4 cm³/mol. The summed E-state index contributed by atoms with van der Waals surface area (Å²) in [5.74, 6) is 6.48. The topological polar surface area (TPSA) is 29.5 Å². The molecule has 0 saturated carbocycles. The molecule has 3 heteroatoms. The smallest absolute Gasteiger partial charge is 0.123 e. The summed E-state index contributed by atoms with van der Waals surface area (Å²) in [6.07, 6.45) is 0.966. The van der Waals surface area contributed by atoms with E-state index in [2.05, 4.69) is 24.8 Å². The fourth-order valence-electron chi connectivity index (χ4n) is 1.75. The lowest BCUT2D eigenvalue weighted by Crippen LogP contribution is -1.96. The lowest BCUT2D eigenvalue weighted by Gasteiger charge is -2.08. The molecule has 0 spiro atoms. The van der Waals surface area contributed by atoms with Gasteiger partial charge < -0.3 is 9.84 Å². The van der Waals surface area contributed by atoms with Gasteiger partial charge in [-0.3, -0.25) is 0 Å². The SMILES string of the molecule is CCc1ccccc1OCc1cc(C#CCO)cs1. The van der Waals surface area contributed by atoms with Gasteiger partial charge in [0.25, 0.3) is 0 Å². The summed E-state index contributed by atoms with van der Waals surface area (Å²) in [5, 5.41) is 10.6. The number of aliphatic hydroxyl groups is 1. The molecular formula is C16H16O2S. The molecule has 0 aliphatic rings. The van der Waals surface area contributed by atoms with Crippen molar-refractivity contribution in [1.82, 2.24) is 0 Å². The van der Waals surface area contributed by atoms with Crippen LogP contribution in [-0.2, 0) is 13.0 Å². The zero-order valence-corrected chi connectivity index (χ0v) is 11.7. The van der Waals surface area contributed by atoms with Gasteiger partial charge in [-0.1, -0.05) is 37.0 Å². The zero-order chi connectivity index (χ0) is 13.5. The summed E-state index contributed by atoms with van der Waals surface area (Å²) in [4.78, 5) is 1.13. The summed E-state index contributed by atoms with van der Waals surface area (Å²) in [5.41, 5.74) is 2.15. The van der Waals surface area contributed by atoms with E-state index in [0.717, 1.165) is 22.6 Å². The Morgan fingerprint density at radius 2 is 2.16 bits per heavy atom. The summed E-state index contributed by atoms with van der Waals surface area (Å²) in [6, 6.07) is 10.1. The normalized spacial score (nSPS) is 9.79. The fraction of sp³-hybridized carbons (Fsp3) is 0.250. The van der Waals surface area contributed by atoms with Crippen LogP contribution in [-0.4, -0.2) is 11.7 Å². The molecule has 0 amide bonds. The average Bonchev–Trinajstić information content (AvgIpc) is 2.91. The first-order chi connectivity index (χ1) is 9.33. The van der Waals surface area contributed by atoms with Crippen molar-refractivity contribution < 1.29 is 9.84 Å². The van der Waals surface area contributed by atoms with Crippen molar-refractivity contribution in [2.75, 3.05) is 6.61 Å². The van der Waals surface area contributed by atoms with E-state index in [9.17, 15) is 0 Å². The monoisotopic (exact) mass is 272 g/mol. The van der Waals surface area contributed by atoms with Gasteiger partial charge in [0.15, 0.2) is 0 Å². The lowest BCUT2D eigenvalue weighted by molar-refractivity contribution is 0.306. The Balaban J connectivity index is 2.00. The second kappa shape index (κ2) is 6.98. The highest BCUT2D eigenvalue weighted by Crippen LogP contribution is 2.21. The molecule has 0 atom stereocenters. The molecular weight excluding hydrogens is 256 g/mol. The van der Waals surface area contributed by atoms with Crippen LogP contribution in [0.15, 0.2) is 35.7 Å². The molecule has 1 N–H and O–H groups in total. The van der Waals surface area contributed by atoms with E-state index in [-0.39, 0.29) is 6.61 Å². The van der Waals surface area contributed by atoms with Gasteiger partial charge in [-0.25, -0.2) is 0 Å². The van der Waals surface area contributed by atoms with Crippen molar-refractivity contribution in [3.05, 3.63) is 51.7 Å². The minimum absolute atomic E-state index is 0.106. The van der Waals surface area contributed by atoms with Crippen molar-refractivity contribution in [1.29, 1.82) is 0 Å². The van der Waals surface area contributed by atoms with Crippen molar-refractivity contribution in [3.63, 3.8) is 0 Å². The summed E-state index contributed by atoms with van der Waals surface area (Å²) >= 11 is 1.62. The van der Waals surface area contributed by atoms with Gasteiger partial charge in [0.2, 0.25) is 0 Å². The minimum atomic E-state index is -0.106. The van der Waals surface area contributed by atoms with Gasteiger partial charge in [-0.15, -0.1) is 11.3 Å². The molecule has 0 unspecified atom stereocenters. The van der Waals surface area contributed by atoms with E-state index in [1.54, 1.807) is 11.3 Å². The molecule has 0 saturated heterocycles. The van der Waals surface area contributed by atoms with E-state index in [4.69, 9.17) is 9.84 Å². The summed E-state index contributed by atoms with van der Waals surface area (Å²) in [6.45, 7) is 2.57. The Morgan fingerprint density at radius 1 is 1.32 bits per heavy atom. The van der Waals surface area contributed by atoms with Crippen LogP contribution in [0.5, 0.6) is 5.75 Å². The van der Waals surface area contributed by atoms with Crippen LogP contribution in [0.3, 0.4) is 0 Å². The van der Waals surface area contributed by atoms with Crippen LogP contribution in [0.4, 0.5) is 0 Å². The third-order valence-electron chi connectivity index (χ3n) is 2.69. The molecule has 2 nitrogen and oxygen atoms in total. The van der Waals surface area contributed by atoms with Crippen molar-refractivity contribution in [3.8, 4) is 17.6 Å². The van der Waals surface area contributed by atoms with Gasteiger partial charge in [0, 0.05) is 15.8 Å². The average molecular weight is 272 g/mol. The Kier molecular flexibility index (Phi) is 5.02. The number of hydrogen-bond acceptors (Lipinski definition) is 3. The molecule has 2 rings (SSSR count). The second-order valence-electron chi connectivity index (χ2n) is 4.01. The van der Waals surface area contributed by atoms with Crippen LogP contribution < -0.4 is 4.74 Å². The number of para-hydroxylation sites is 1. The maximum Gasteiger partial charge on any atom is 0.123 e. The number of hydrogen-bond donors (Lipinski definition) is 1. The summed E-state index contributed by atoms with van der Waals surface area (Å²) in [7, 11) is 0. The third kappa shape index (κ3) is 3.85. The molecule has 2 aromatic rings. The maximum absolute atomic E-state index is 8.65. The van der Waals surface area contributed by atoms with Crippen molar-refractivity contribution in [2.45, 2.75) is 20.0 Å². The number of aryl methyl sites for hydroxylation is 1. The maximum atomic E-state index is 8.65. The minimum Gasteiger partial charge on any atom is -0.488 e.